The Labute approximate surface area is 132 Å². The van der Waals surface area contributed by atoms with Crippen molar-refractivity contribution in [2.75, 3.05) is 0 Å². The average molecular weight is 343 g/mol. The number of nitrogens with zero attached hydrogens (tertiary/aromatic N) is 1. The highest BCUT2D eigenvalue weighted by Gasteiger charge is 2.22. The fourth-order valence-electron chi connectivity index (χ4n) is 2.36. The third kappa shape index (κ3) is 2.68. The highest BCUT2D eigenvalue weighted by Crippen LogP contribution is 2.30. The van der Waals surface area contributed by atoms with E-state index < -0.39 is 18.3 Å². The Bertz CT molecular complexity index is 936. The van der Waals surface area contributed by atoms with Crippen molar-refractivity contribution in [2.45, 2.75) is 12.6 Å². The predicted molar refractivity (Wildman–Crippen MR) is 80.4 cm³/mol. The third-order valence-electron chi connectivity index (χ3n) is 3.42. The highest BCUT2D eigenvalue weighted by atomic mass is 35.5. The van der Waals surface area contributed by atoms with Gasteiger partial charge in [0, 0.05) is 5.02 Å². The number of nitrogens with one attached hydrogen (secondary N) is 1. The minimum atomic E-state index is -3.15. The van der Waals surface area contributed by atoms with Crippen LogP contribution < -0.4 is 5.69 Å². The van der Waals surface area contributed by atoms with Gasteiger partial charge in [0.05, 0.1) is 16.7 Å². The van der Waals surface area contributed by atoms with Gasteiger partial charge < -0.3 is 10.1 Å². The van der Waals surface area contributed by atoms with E-state index in [2.05, 4.69) is 4.98 Å². The Kier molecular flexibility index (Phi) is 3.81. The first-order valence-electron chi connectivity index (χ1n) is 6.54. The summed E-state index contributed by atoms with van der Waals surface area (Å²) in [5, 5.41) is 10.2. The first-order chi connectivity index (χ1) is 10.9. The van der Waals surface area contributed by atoms with Crippen molar-refractivity contribution in [3.8, 4) is 11.4 Å². The summed E-state index contributed by atoms with van der Waals surface area (Å²) < 4.78 is 39.5. The lowest BCUT2D eigenvalue weighted by molar-refractivity contribution is 0.0496. The number of benzene rings is 2. The fraction of sp³-hybridized carbons (Fsp3) is 0.133. The van der Waals surface area contributed by atoms with Crippen molar-refractivity contribution < 1.29 is 18.3 Å². The summed E-state index contributed by atoms with van der Waals surface area (Å²) in [6.45, 7) is 0. The molecule has 3 rings (SSSR count). The zero-order chi connectivity index (χ0) is 16.7. The van der Waals surface area contributed by atoms with Crippen molar-refractivity contribution in [1.82, 2.24) is 9.55 Å². The van der Waals surface area contributed by atoms with Crippen LogP contribution in [0, 0.1) is 0 Å². The maximum atomic E-state index is 13.4. The normalized spacial score (nSPS) is 12.9. The number of rotatable bonds is 3. The van der Waals surface area contributed by atoms with Gasteiger partial charge in [-0.15, -0.1) is 0 Å². The monoisotopic (exact) mass is 342 g/mol. The standard InChI is InChI=1S/C15H10ClF3N2O2/c16-8-2-4-12(22)11(6-8)21-10-3-1-7(13(17)14(18)19)5-9(10)20-15(21)23/h1-6,13-14,22H,(H,20,23). The summed E-state index contributed by atoms with van der Waals surface area (Å²) in [7, 11) is 0. The largest absolute Gasteiger partial charge is 0.506 e. The molecule has 0 spiro atoms. The van der Waals surface area contributed by atoms with Gasteiger partial charge in [0.1, 0.15) is 5.75 Å². The smallest absolute Gasteiger partial charge is 0.331 e. The van der Waals surface area contributed by atoms with E-state index >= 15 is 0 Å². The molecule has 0 fully saturated rings. The van der Waals surface area contributed by atoms with Crippen molar-refractivity contribution in [3.63, 3.8) is 0 Å². The van der Waals surface area contributed by atoms with Gasteiger partial charge in [-0.05, 0) is 35.9 Å². The quantitative estimate of drug-likeness (QED) is 0.757. The molecule has 8 heteroatoms. The van der Waals surface area contributed by atoms with Gasteiger partial charge in [0.15, 0.2) is 6.17 Å². The van der Waals surface area contributed by atoms with Gasteiger partial charge in [-0.3, -0.25) is 4.57 Å². The number of alkyl halides is 3. The molecule has 1 heterocycles. The number of aromatic hydroxyl groups is 1. The summed E-state index contributed by atoms with van der Waals surface area (Å²) in [5.41, 5.74) is -0.237. The molecule has 2 N–H and O–H groups in total. The van der Waals surface area contributed by atoms with E-state index in [-0.39, 0.29) is 22.5 Å². The van der Waals surface area contributed by atoms with Gasteiger partial charge in [-0.25, -0.2) is 18.0 Å². The molecular weight excluding hydrogens is 333 g/mol. The molecule has 0 radical (unpaired) electrons. The van der Waals surface area contributed by atoms with Gasteiger partial charge in [-0.1, -0.05) is 17.7 Å². The number of imidazole rings is 1. The first kappa shape index (κ1) is 15.5. The fourth-order valence-corrected chi connectivity index (χ4v) is 2.53. The number of fused-ring (bicyclic) bond motifs is 1. The van der Waals surface area contributed by atoms with Gasteiger partial charge in [0.2, 0.25) is 0 Å². The van der Waals surface area contributed by atoms with E-state index in [9.17, 15) is 23.1 Å². The van der Waals surface area contributed by atoms with Crippen LogP contribution in [0.2, 0.25) is 5.02 Å². The number of aromatic nitrogens is 2. The van der Waals surface area contributed by atoms with Crippen LogP contribution in [-0.2, 0) is 0 Å². The van der Waals surface area contributed by atoms with E-state index in [1.807, 2.05) is 0 Å². The molecule has 0 aliphatic heterocycles. The molecule has 0 aliphatic carbocycles. The molecule has 0 bridgehead atoms. The molecule has 3 aromatic rings. The number of phenols is 1. The maximum absolute atomic E-state index is 13.4. The lowest BCUT2D eigenvalue weighted by atomic mass is 10.1. The van der Waals surface area contributed by atoms with Crippen LogP contribution in [0.4, 0.5) is 13.2 Å². The molecule has 1 aromatic heterocycles. The third-order valence-corrected chi connectivity index (χ3v) is 3.66. The van der Waals surface area contributed by atoms with Crippen LogP contribution in [0.5, 0.6) is 5.75 Å². The van der Waals surface area contributed by atoms with Crippen LogP contribution in [0.1, 0.15) is 11.7 Å². The van der Waals surface area contributed by atoms with E-state index in [1.54, 1.807) is 0 Å². The lowest BCUT2D eigenvalue weighted by Gasteiger charge is -2.09. The minimum absolute atomic E-state index is 0.132. The first-order valence-corrected chi connectivity index (χ1v) is 6.92. The van der Waals surface area contributed by atoms with Gasteiger partial charge in [-0.2, -0.15) is 0 Å². The zero-order valence-electron chi connectivity index (χ0n) is 11.4. The number of H-pyrrole nitrogens is 1. The molecular formula is C15H10ClF3N2O2. The summed E-state index contributed by atoms with van der Waals surface area (Å²) in [5.74, 6) is -0.183. The van der Waals surface area contributed by atoms with Crippen LogP contribution in [0.3, 0.4) is 0 Å². The maximum Gasteiger partial charge on any atom is 0.331 e. The average Bonchev–Trinajstić information content (AvgIpc) is 2.83. The lowest BCUT2D eigenvalue weighted by Crippen LogP contribution is -2.14. The molecule has 0 saturated carbocycles. The minimum Gasteiger partial charge on any atom is -0.506 e. The second-order valence-corrected chi connectivity index (χ2v) is 5.35. The number of phenolic OH excluding ortho intramolecular Hbond substituents is 1. The molecule has 1 atom stereocenters. The van der Waals surface area contributed by atoms with Crippen molar-refractivity contribution in [3.05, 3.63) is 57.5 Å². The number of hydrogen-bond acceptors (Lipinski definition) is 2. The summed E-state index contributed by atoms with van der Waals surface area (Å²) in [6.07, 6.45) is -5.59. The van der Waals surface area contributed by atoms with E-state index in [4.69, 9.17) is 11.6 Å². The summed E-state index contributed by atoms with van der Waals surface area (Å²) in [4.78, 5) is 14.6. The molecule has 0 saturated heterocycles. The Hall–Kier alpha value is -2.41. The Morgan fingerprint density at radius 2 is 1.87 bits per heavy atom. The van der Waals surface area contributed by atoms with Crippen molar-refractivity contribution >= 4 is 22.6 Å². The van der Waals surface area contributed by atoms with Crippen LogP contribution in [-0.4, -0.2) is 21.1 Å². The zero-order valence-corrected chi connectivity index (χ0v) is 12.2. The molecule has 4 nitrogen and oxygen atoms in total. The highest BCUT2D eigenvalue weighted by molar-refractivity contribution is 6.30. The van der Waals surface area contributed by atoms with Crippen LogP contribution in [0.25, 0.3) is 16.7 Å². The molecule has 0 amide bonds. The SMILES string of the molecule is O=c1[nH]c2cc(C(F)C(F)F)ccc2n1-c1cc(Cl)ccc1O. The molecule has 23 heavy (non-hydrogen) atoms. The van der Waals surface area contributed by atoms with Gasteiger partial charge >= 0.3 is 5.69 Å². The molecule has 2 aromatic carbocycles. The summed E-state index contributed by atoms with van der Waals surface area (Å²) >= 11 is 5.87. The van der Waals surface area contributed by atoms with Crippen LogP contribution >= 0.6 is 11.6 Å². The number of hydrogen-bond donors (Lipinski definition) is 2. The number of halogens is 4. The Morgan fingerprint density at radius 3 is 2.57 bits per heavy atom. The molecule has 1 unspecified atom stereocenters. The van der Waals surface area contributed by atoms with Crippen molar-refractivity contribution in [1.29, 1.82) is 0 Å². The Morgan fingerprint density at radius 1 is 1.13 bits per heavy atom. The molecule has 0 aliphatic rings. The van der Waals surface area contributed by atoms with E-state index in [0.29, 0.717) is 10.5 Å². The van der Waals surface area contributed by atoms with E-state index in [1.165, 1.54) is 30.3 Å². The topological polar surface area (TPSA) is 58.0 Å². The predicted octanol–water partition coefficient (Wildman–Crippen LogP) is 3.95. The van der Waals surface area contributed by atoms with Crippen molar-refractivity contribution in [2.24, 2.45) is 0 Å². The number of aromatic amines is 1. The van der Waals surface area contributed by atoms with Gasteiger partial charge in [0.25, 0.3) is 6.43 Å². The summed E-state index contributed by atoms with van der Waals surface area (Å²) in [6, 6.07) is 7.81. The van der Waals surface area contributed by atoms with Crippen LogP contribution in [0.15, 0.2) is 41.2 Å². The van der Waals surface area contributed by atoms with E-state index in [0.717, 1.165) is 10.6 Å². The molecule has 120 valence electrons. The second-order valence-electron chi connectivity index (χ2n) is 4.91. The Balaban J connectivity index is 2.22. The second kappa shape index (κ2) is 5.66.